The quantitative estimate of drug-likeness (QED) is 0.769. The Morgan fingerprint density at radius 1 is 1.31 bits per heavy atom. The fourth-order valence-electron chi connectivity index (χ4n) is 3.12. The van der Waals surface area contributed by atoms with Crippen LogP contribution in [0.3, 0.4) is 0 Å². The van der Waals surface area contributed by atoms with E-state index in [0.717, 1.165) is 21.5 Å². The van der Waals surface area contributed by atoms with Gasteiger partial charge in [0.2, 0.25) is 5.91 Å². The summed E-state index contributed by atoms with van der Waals surface area (Å²) in [7, 11) is 1.31. The first-order valence-electron chi connectivity index (χ1n) is 8.29. The van der Waals surface area contributed by atoms with E-state index in [1.807, 2.05) is 46.0 Å². The Morgan fingerprint density at radius 3 is 3.00 bits per heavy atom. The number of thiazole rings is 1. The summed E-state index contributed by atoms with van der Waals surface area (Å²) >= 11 is 1.39. The fraction of sp³-hybridized carbons (Fsp3) is 0.278. The van der Waals surface area contributed by atoms with Gasteiger partial charge >= 0.3 is 6.09 Å². The van der Waals surface area contributed by atoms with Crippen molar-refractivity contribution in [2.45, 2.75) is 19.5 Å². The van der Waals surface area contributed by atoms with Crippen molar-refractivity contribution in [2.24, 2.45) is 0 Å². The number of carbonyl (C=O) groups is 2. The smallest absolute Gasteiger partial charge is 0.413 e. The third-order valence-electron chi connectivity index (χ3n) is 4.46. The average Bonchev–Trinajstić information content (AvgIpc) is 3.24. The second kappa shape index (κ2) is 6.80. The molecule has 134 valence electrons. The van der Waals surface area contributed by atoms with Crippen molar-refractivity contribution in [3.05, 3.63) is 47.1 Å². The third-order valence-corrected chi connectivity index (χ3v) is 5.46. The average molecular weight is 370 g/mol. The molecule has 1 aliphatic rings. The van der Waals surface area contributed by atoms with Gasteiger partial charge in [0.1, 0.15) is 6.54 Å². The van der Waals surface area contributed by atoms with E-state index in [-0.39, 0.29) is 5.91 Å². The molecule has 0 fully saturated rings. The molecule has 3 aromatic rings. The zero-order valence-corrected chi connectivity index (χ0v) is 15.1. The van der Waals surface area contributed by atoms with Gasteiger partial charge in [-0.1, -0.05) is 29.5 Å². The molecule has 0 bridgehead atoms. The van der Waals surface area contributed by atoms with E-state index in [4.69, 9.17) is 0 Å². The molecule has 0 unspecified atom stereocenters. The lowest BCUT2D eigenvalue weighted by Gasteiger charge is -2.26. The van der Waals surface area contributed by atoms with E-state index in [2.05, 4.69) is 15.0 Å². The van der Waals surface area contributed by atoms with Crippen LogP contribution in [0, 0.1) is 0 Å². The van der Waals surface area contributed by atoms with Crippen LogP contribution in [-0.2, 0) is 29.0 Å². The van der Waals surface area contributed by atoms with Gasteiger partial charge in [-0.15, -0.1) is 0 Å². The highest BCUT2D eigenvalue weighted by atomic mass is 32.1. The molecule has 1 aliphatic heterocycles. The number of ether oxygens (including phenoxy) is 1. The molecule has 0 saturated heterocycles. The van der Waals surface area contributed by atoms with E-state index < -0.39 is 6.09 Å². The van der Waals surface area contributed by atoms with Crippen LogP contribution in [0.25, 0.3) is 10.9 Å². The molecule has 0 aliphatic carbocycles. The number of aromatic nitrogens is 2. The van der Waals surface area contributed by atoms with E-state index in [1.165, 1.54) is 18.4 Å². The normalized spacial score (nSPS) is 13.5. The zero-order chi connectivity index (χ0) is 18.1. The molecule has 0 saturated carbocycles. The van der Waals surface area contributed by atoms with Crippen molar-refractivity contribution >= 4 is 39.4 Å². The third kappa shape index (κ3) is 3.15. The Labute approximate surface area is 154 Å². The minimum Gasteiger partial charge on any atom is -0.453 e. The maximum Gasteiger partial charge on any atom is 0.413 e. The molecule has 1 N–H and O–H groups in total. The number of nitrogens with one attached hydrogen (secondary N) is 1. The second-order valence-corrected chi connectivity index (χ2v) is 7.16. The van der Waals surface area contributed by atoms with Gasteiger partial charge in [0.25, 0.3) is 0 Å². The van der Waals surface area contributed by atoms with Gasteiger partial charge in [-0.05, 0) is 17.5 Å². The van der Waals surface area contributed by atoms with Crippen LogP contribution >= 0.6 is 11.3 Å². The molecule has 4 rings (SSSR count). The minimum absolute atomic E-state index is 0.0767. The summed E-state index contributed by atoms with van der Waals surface area (Å²) in [4.78, 5) is 31.3. The van der Waals surface area contributed by atoms with Gasteiger partial charge in [0.15, 0.2) is 5.13 Å². The SMILES string of the molecule is COC(=O)Nc1nc2c(s1)CN(C(=O)Cn1ccc3ccccc31)CC2. The summed E-state index contributed by atoms with van der Waals surface area (Å²) in [6, 6.07) is 10.0. The van der Waals surface area contributed by atoms with Crippen molar-refractivity contribution in [3.8, 4) is 0 Å². The van der Waals surface area contributed by atoms with Crippen LogP contribution in [0.5, 0.6) is 0 Å². The lowest BCUT2D eigenvalue weighted by atomic mass is 10.2. The number of hydrogen-bond donors (Lipinski definition) is 1. The minimum atomic E-state index is -0.538. The van der Waals surface area contributed by atoms with Gasteiger partial charge in [-0.25, -0.2) is 9.78 Å². The van der Waals surface area contributed by atoms with Crippen molar-refractivity contribution in [3.63, 3.8) is 0 Å². The fourth-order valence-corrected chi connectivity index (χ4v) is 4.13. The van der Waals surface area contributed by atoms with E-state index in [0.29, 0.717) is 31.2 Å². The van der Waals surface area contributed by atoms with Gasteiger partial charge in [-0.2, -0.15) is 0 Å². The van der Waals surface area contributed by atoms with Crippen molar-refractivity contribution in [1.29, 1.82) is 0 Å². The molecule has 7 nitrogen and oxygen atoms in total. The van der Waals surface area contributed by atoms with Crippen LogP contribution in [0.15, 0.2) is 36.5 Å². The standard InChI is InChI=1S/C18H18N4O3S/c1-25-18(24)20-17-19-13-7-9-22(10-15(13)26-17)16(23)11-21-8-6-12-4-2-3-5-14(12)21/h2-6,8H,7,9-11H2,1H3,(H,19,20,24). The summed E-state index contributed by atoms with van der Waals surface area (Å²) in [5.74, 6) is 0.0767. The molecule has 0 radical (unpaired) electrons. The number of rotatable bonds is 3. The first kappa shape index (κ1) is 16.6. The molecular formula is C18H18N4O3S. The Balaban J connectivity index is 1.46. The number of amides is 2. The molecule has 2 amide bonds. The van der Waals surface area contributed by atoms with Crippen LogP contribution < -0.4 is 5.32 Å². The molecule has 0 atom stereocenters. The van der Waals surface area contributed by atoms with Gasteiger partial charge in [-0.3, -0.25) is 10.1 Å². The molecular weight excluding hydrogens is 352 g/mol. The Morgan fingerprint density at radius 2 is 2.15 bits per heavy atom. The largest absolute Gasteiger partial charge is 0.453 e. The van der Waals surface area contributed by atoms with E-state index >= 15 is 0 Å². The lowest BCUT2D eigenvalue weighted by Crippen LogP contribution is -2.37. The number of carbonyl (C=O) groups excluding carboxylic acids is 2. The maximum absolute atomic E-state index is 12.7. The highest BCUT2D eigenvalue weighted by molar-refractivity contribution is 7.15. The predicted molar refractivity (Wildman–Crippen MR) is 99.2 cm³/mol. The van der Waals surface area contributed by atoms with Crippen LogP contribution in [-0.4, -0.2) is 40.1 Å². The van der Waals surface area contributed by atoms with Crippen LogP contribution in [0.4, 0.5) is 9.93 Å². The Bertz CT molecular complexity index is 978. The number of para-hydroxylation sites is 1. The summed E-state index contributed by atoms with van der Waals surface area (Å²) < 4.78 is 6.57. The summed E-state index contributed by atoms with van der Waals surface area (Å²) in [5.41, 5.74) is 2.00. The number of anilines is 1. The van der Waals surface area contributed by atoms with Crippen molar-refractivity contribution < 1.29 is 14.3 Å². The number of hydrogen-bond acceptors (Lipinski definition) is 5. The van der Waals surface area contributed by atoms with Crippen molar-refractivity contribution in [1.82, 2.24) is 14.5 Å². The molecule has 1 aromatic carbocycles. The van der Waals surface area contributed by atoms with Gasteiger partial charge in [0.05, 0.1) is 19.3 Å². The van der Waals surface area contributed by atoms with Crippen molar-refractivity contribution in [2.75, 3.05) is 19.0 Å². The Kier molecular flexibility index (Phi) is 4.34. The Hall–Kier alpha value is -2.87. The zero-order valence-electron chi connectivity index (χ0n) is 14.3. The summed E-state index contributed by atoms with van der Waals surface area (Å²) in [5, 5.41) is 4.22. The number of methoxy groups -OCH3 is 1. The second-order valence-electron chi connectivity index (χ2n) is 6.07. The first-order chi connectivity index (χ1) is 12.6. The summed E-state index contributed by atoms with van der Waals surface area (Å²) in [6.07, 6.45) is 2.10. The van der Waals surface area contributed by atoms with Crippen LogP contribution in [0.1, 0.15) is 10.6 Å². The van der Waals surface area contributed by atoms with E-state index in [9.17, 15) is 9.59 Å². The van der Waals surface area contributed by atoms with E-state index in [1.54, 1.807) is 0 Å². The topological polar surface area (TPSA) is 76.5 Å². The first-order valence-corrected chi connectivity index (χ1v) is 9.11. The van der Waals surface area contributed by atoms with Gasteiger partial charge < -0.3 is 14.2 Å². The highest BCUT2D eigenvalue weighted by Gasteiger charge is 2.25. The molecule has 26 heavy (non-hydrogen) atoms. The number of fused-ring (bicyclic) bond motifs is 2. The highest BCUT2D eigenvalue weighted by Crippen LogP contribution is 2.28. The monoisotopic (exact) mass is 370 g/mol. The van der Waals surface area contributed by atoms with Gasteiger partial charge in [0, 0.05) is 29.6 Å². The maximum atomic E-state index is 12.7. The molecule has 3 heterocycles. The lowest BCUT2D eigenvalue weighted by molar-refractivity contribution is -0.132. The molecule has 2 aromatic heterocycles. The predicted octanol–water partition coefficient (Wildman–Crippen LogP) is 2.86. The van der Waals surface area contributed by atoms with Crippen LogP contribution in [0.2, 0.25) is 0 Å². The number of benzene rings is 1. The number of nitrogens with zero attached hydrogens (tertiary/aromatic N) is 3. The summed E-state index contributed by atoms with van der Waals surface area (Å²) in [6.45, 7) is 1.47. The molecule has 0 spiro atoms. The molecule has 8 heteroatoms.